The maximum atomic E-state index is 12.7. The third-order valence-corrected chi connectivity index (χ3v) is 5.47. The number of carbonyl (C=O) groups excluding carboxylic acids is 2. The average molecular weight is 323 g/mol. The molecule has 5 heteroatoms. The van der Waals surface area contributed by atoms with Crippen LogP contribution in [0.4, 0.5) is 5.69 Å². The van der Waals surface area contributed by atoms with E-state index < -0.39 is 0 Å². The summed E-state index contributed by atoms with van der Waals surface area (Å²) in [5, 5.41) is 5.32. The molecule has 124 valence electrons. The van der Waals surface area contributed by atoms with Gasteiger partial charge in [0.25, 0.3) is 11.8 Å². The number of hydrogen-bond acceptors (Lipinski definition) is 4. The van der Waals surface area contributed by atoms with Crippen LogP contribution in [-0.4, -0.2) is 37.1 Å². The smallest absolute Gasteiger partial charge is 0.254 e. The molecule has 24 heavy (non-hydrogen) atoms. The lowest BCUT2D eigenvalue weighted by Gasteiger charge is -2.37. The van der Waals surface area contributed by atoms with E-state index in [9.17, 15) is 9.59 Å². The molecule has 2 bridgehead atoms. The quantitative estimate of drug-likeness (QED) is 0.487. The van der Waals surface area contributed by atoms with Gasteiger partial charge in [0.2, 0.25) is 0 Å². The van der Waals surface area contributed by atoms with Crippen LogP contribution in [0.3, 0.4) is 0 Å². The molecule has 5 nitrogen and oxygen atoms in total. The van der Waals surface area contributed by atoms with Gasteiger partial charge in [0.1, 0.15) is 0 Å². The van der Waals surface area contributed by atoms with Crippen LogP contribution in [0.5, 0.6) is 0 Å². The fraction of sp³-hybridized carbons (Fsp3) is 0.421. The zero-order valence-corrected chi connectivity index (χ0v) is 13.9. The Hall–Kier alpha value is -2.43. The van der Waals surface area contributed by atoms with Crippen molar-refractivity contribution in [3.05, 3.63) is 42.0 Å². The first-order valence-electron chi connectivity index (χ1n) is 8.44. The molecule has 0 N–H and O–H groups in total. The fourth-order valence-corrected chi connectivity index (χ4v) is 4.16. The highest BCUT2D eigenvalue weighted by Crippen LogP contribution is 2.49. The Labute approximate surface area is 141 Å². The number of fused-ring (bicyclic) bond motifs is 1. The van der Waals surface area contributed by atoms with E-state index in [0.717, 1.165) is 29.1 Å². The molecule has 1 aromatic carbocycles. The molecule has 0 aromatic heterocycles. The summed E-state index contributed by atoms with van der Waals surface area (Å²) in [7, 11) is 3.96. The summed E-state index contributed by atoms with van der Waals surface area (Å²) in [5.74, 6) is -0.258. The van der Waals surface area contributed by atoms with Gasteiger partial charge in [-0.2, -0.15) is 10.1 Å². The lowest BCUT2D eigenvalue weighted by molar-refractivity contribution is -0.140. The summed E-state index contributed by atoms with van der Waals surface area (Å²) in [5.41, 5.74) is 1.96. The van der Waals surface area contributed by atoms with Crippen LogP contribution in [0.2, 0.25) is 0 Å². The van der Waals surface area contributed by atoms with E-state index in [-0.39, 0.29) is 35.5 Å². The maximum absolute atomic E-state index is 12.7. The van der Waals surface area contributed by atoms with Crippen molar-refractivity contribution in [2.24, 2.45) is 28.8 Å². The predicted octanol–water partition coefficient (Wildman–Crippen LogP) is 2.28. The number of carbonyl (C=O) groups is 2. The Balaban J connectivity index is 1.55. The maximum Gasteiger partial charge on any atom is 0.254 e. The van der Waals surface area contributed by atoms with Crippen molar-refractivity contribution in [3.8, 4) is 0 Å². The molecule has 4 aliphatic rings. The van der Waals surface area contributed by atoms with E-state index in [4.69, 9.17) is 0 Å². The van der Waals surface area contributed by atoms with Crippen molar-refractivity contribution in [1.82, 2.24) is 5.01 Å². The van der Waals surface area contributed by atoms with Crippen molar-refractivity contribution in [1.29, 1.82) is 0 Å². The van der Waals surface area contributed by atoms with Gasteiger partial charge in [0.05, 0.1) is 18.1 Å². The summed E-state index contributed by atoms with van der Waals surface area (Å²) in [6.07, 6.45) is 7.85. The largest absolute Gasteiger partial charge is 0.378 e. The first-order valence-corrected chi connectivity index (χ1v) is 8.44. The van der Waals surface area contributed by atoms with Gasteiger partial charge in [-0.15, -0.1) is 0 Å². The minimum atomic E-state index is -0.200. The number of allylic oxidation sites excluding steroid dienone is 2. The predicted molar refractivity (Wildman–Crippen MR) is 92.6 cm³/mol. The molecule has 1 heterocycles. The molecule has 1 saturated carbocycles. The van der Waals surface area contributed by atoms with Crippen LogP contribution in [0, 0.1) is 23.7 Å². The Morgan fingerprint density at radius 2 is 1.54 bits per heavy atom. The molecule has 5 rings (SSSR count). The Morgan fingerprint density at radius 3 is 2.00 bits per heavy atom. The molecular formula is C19H21N3O2. The molecule has 0 spiro atoms. The van der Waals surface area contributed by atoms with Gasteiger partial charge in [-0.05, 0) is 42.4 Å². The van der Waals surface area contributed by atoms with Gasteiger partial charge in [0, 0.05) is 19.8 Å². The number of rotatable bonds is 3. The van der Waals surface area contributed by atoms with Gasteiger partial charge >= 0.3 is 0 Å². The lowest BCUT2D eigenvalue weighted by Crippen LogP contribution is -2.38. The molecule has 1 aromatic rings. The number of amides is 2. The molecule has 1 aliphatic heterocycles. The molecule has 1 saturated heterocycles. The summed E-state index contributed by atoms with van der Waals surface area (Å²) in [4.78, 5) is 27.3. The van der Waals surface area contributed by atoms with E-state index in [0.29, 0.717) is 0 Å². The topological polar surface area (TPSA) is 53.0 Å². The van der Waals surface area contributed by atoms with Crippen LogP contribution in [0.1, 0.15) is 18.4 Å². The first-order chi connectivity index (χ1) is 11.6. The summed E-state index contributed by atoms with van der Waals surface area (Å²) in [6, 6.07) is 7.84. The monoisotopic (exact) mass is 323 g/mol. The Kier molecular flexibility index (Phi) is 3.52. The summed E-state index contributed by atoms with van der Waals surface area (Å²) < 4.78 is 0. The molecule has 4 unspecified atom stereocenters. The van der Waals surface area contributed by atoms with Crippen molar-refractivity contribution in [3.63, 3.8) is 0 Å². The van der Waals surface area contributed by atoms with Gasteiger partial charge in [-0.1, -0.05) is 24.3 Å². The normalized spacial score (nSPS) is 31.2. The van der Waals surface area contributed by atoms with Gasteiger partial charge in [-0.3, -0.25) is 9.59 Å². The standard InChI is InChI=1S/C19H21N3O2/c1-21(2)15-9-3-12(4-10-15)11-20-22-18(23)16-13-5-6-14(8-7-13)17(16)19(22)24/h3-6,9-11,13-14,16-17H,7-8H2,1-2H3/b20-11-. The Morgan fingerprint density at radius 1 is 1.00 bits per heavy atom. The highest BCUT2D eigenvalue weighted by atomic mass is 16.2. The molecule has 2 amide bonds. The number of hydrogen-bond donors (Lipinski definition) is 0. The SMILES string of the molecule is CN(C)c1ccc(/C=N\N2C(=O)C3C4C=CC(CC4)C3C2=O)cc1. The van der Waals surface area contributed by atoms with Crippen molar-refractivity contribution < 1.29 is 9.59 Å². The van der Waals surface area contributed by atoms with E-state index in [1.54, 1.807) is 6.21 Å². The van der Waals surface area contributed by atoms with Gasteiger partial charge < -0.3 is 4.90 Å². The minimum absolute atomic E-state index is 0.134. The molecule has 4 atom stereocenters. The van der Waals surface area contributed by atoms with E-state index in [2.05, 4.69) is 17.3 Å². The van der Waals surface area contributed by atoms with Crippen LogP contribution in [0.25, 0.3) is 0 Å². The third-order valence-electron chi connectivity index (χ3n) is 5.47. The van der Waals surface area contributed by atoms with Crippen molar-refractivity contribution >= 4 is 23.7 Å². The second-order valence-corrected chi connectivity index (χ2v) is 7.06. The zero-order chi connectivity index (χ0) is 16.8. The highest BCUT2D eigenvalue weighted by Gasteiger charge is 2.56. The van der Waals surface area contributed by atoms with E-state index >= 15 is 0 Å². The number of imide groups is 1. The summed E-state index contributed by atoms with van der Waals surface area (Å²) >= 11 is 0. The van der Waals surface area contributed by atoms with E-state index in [1.807, 2.05) is 43.3 Å². The summed E-state index contributed by atoms with van der Waals surface area (Å²) in [6.45, 7) is 0. The van der Waals surface area contributed by atoms with Crippen LogP contribution in [-0.2, 0) is 9.59 Å². The number of anilines is 1. The zero-order valence-electron chi connectivity index (χ0n) is 13.9. The fourth-order valence-electron chi connectivity index (χ4n) is 4.16. The second kappa shape index (κ2) is 5.58. The number of hydrazone groups is 1. The molecular weight excluding hydrogens is 302 g/mol. The van der Waals surface area contributed by atoms with Crippen LogP contribution in [0.15, 0.2) is 41.5 Å². The van der Waals surface area contributed by atoms with Crippen LogP contribution >= 0.6 is 0 Å². The minimum Gasteiger partial charge on any atom is -0.378 e. The lowest BCUT2D eigenvalue weighted by atomic mass is 9.63. The first kappa shape index (κ1) is 15.1. The highest BCUT2D eigenvalue weighted by molar-refractivity contribution is 6.06. The Bertz CT molecular complexity index is 703. The molecule has 3 aliphatic carbocycles. The third kappa shape index (κ3) is 2.27. The average Bonchev–Trinajstić information content (AvgIpc) is 2.87. The van der Waals surface area contributed by atoms with Crippen molar-refractivity contribution in [2.45, 2.75) is 12.8 Å². The molecule has 0 radical (unpaired) electrons. The van der Waals surface area contributed by atoms with Gasteiger partial charge in [-0.25, -0.2) is 0 Å². The van der Waals surface area contributed by atoms with E-state index in [1.165, 1.54) is 0 Å². The van der Waals surface area contributed by atoms with Gasteiger partial charge in [0.15, 0.2) is 0 Å². The molecule has 2 fully saturated rings. The number of nitrogens with zero attached hydrogens (tertiary/aromatic N) is 3. The van der Waals surface area contributed by atoms with Crippen LogP contribution < -0.4 is 4.90 Å². The van der Waals surface area contributed by atoms with Crippen molar-refractivity contribution in [2.75, 3.05) is 19.0 Å². The second-order valence-electron chi connectivity index (χ2n) is 7.06. The number of benzene rings is 1.